The molecule has 0 spiro atoms. The lowest BCUT2D eigenvalue weighted by atomic mass is 10.2. The molecule has 1 aromatic carbocycles. The van der Waals surface area contributed by atoms with Gasteiger partial charge in [-0.05, 0) is 18.2 Å². The van der Waals surface area contributed by atoms with Gasteiger partial charge in [-0.25, -0.2) is 5.06 Å². The minimum absolute atomic E-state index is 0.208. The van der Waals surface area contributed by atoms with E-state index in [4.69, 9.17) is 28.0 Å². The Morgan fingerprint density at radius 1 is 1.41 bits per heavy atom. The second kappa shape index (κ2) is 4.82. The standard InChI is InChI=1S/C11H9Cl2NO2S/c1-14(16-2)11(15)9-5-6-8(17-9)4-3-7(12)10(6)13/h3-5H,1-2H3. The molecule has 0 aliphatic carbocycles. The van der Waals surface area contributed by atoms with E-state index >= 15 is 0 Å². The molecule has 17 heavy (non-hydrogen) atoms. The third-order valence-electron chi connectivity index (χ3n) is 2.36. The van der Waals surface area contributed by atoms with Gasteiger partial charge in [0.1, 0.15) is 0 Å². The van der Waals surface area contributed by atoms with E-state index in [1.807, 2.05) is 6.07 Å². The molecule has 0 saturated carbocycles. The minimum Gasteiger partial charge on any atom is -0.274 e. The van der Waals surface area contributed by atoms with Crippen molar-refractivity contribution in [1.29, 1.82) is 0 Å². The summed E-state index contributed by atoms with van der Waals surface area (Å²) >= 11 is 13.4. The predicted octanol–water partition coefficient (Wildman–Crippen LogP) is 3.84. The molecule has 0 N–H and O–H groups in total. The molecule has 0 radical (unpaired) electrons. The van der Waals surface area contributed by atoms with Gasteiger partial charge >= 0.3 is 0 Å². The van der Waals surface area contributed by atoms with Crippen molar-refractivity contribution in [3.8, 4) is 0 Å². The lowest BCUT2D eigenvalue weighted by Gasteiger charge is -2.11. The van der Waals surface area contributed by atoms with Crippen LogP contribution in [0.4, 0.5) is 0 Å². The van der Waals surface area contributed by atoms with E-state index in [2.05, 4.69) is 0 Å². The van der Waals surface area contributed by atoms with Gasteiger partial charge in [-0.3, -0.25) is 9.63 Å². The van der Waals surface area contributed by atoms with Gasteiger partial charge in [-0.1, -0.05) is 23.2 Å². The third-order valence-corrected chi connectivity index (χ3v) is 4.27. The van der Waals surface area contributed by atoms with Crippen LogP contribution >= 0.6 is 34.5 Å². The Labute approximate surface area is 112 Å². The summed E-state index contributed by atoms with van der Waals surface area (Å²) in [5, 5.41) is 2.91. The molecular formula is C11H9Cl2NO2S. The van der Waals surface area contributed by atoms with E-state index in [9.17, 15) is 4.79 Å². The predicted molar refractivity (Wildman–Crippen MR) is 70.9 cm³/mol. The summed E-state index contributed by atoms with van der Waals surface area (Å²) in [4.78, 5) is 17.3. The zero-order chi connectivity index (χ0) is 12.6. The molecule has 0 aliphatic rings. The average molecular weight is 290 g/mol. The molecule has 1 aromatic heterocycles. The van der Waals surface area contributed by atoms with E-state index in [0.717, 1.165) is 10.1 Å². The number of nitrogens with zero attached hydrogens (tertiary/aromatic N) is 1. The molecule has 0 bridgehead atoms. The molecule has 1 amide bonds. The van der Waals surface area contributed by atoms with Crippen molar-refractivity contribution in [3.05, 3.63) is 33.1 Å². The first-order chi connectivity index (χ1) is 8.04. The van der Waals surface area contributed by atoms with E-state index in [1.54, 1.807) is 19.2 Å². The molecule has 90 valence electrons. The van der Waals surface area contributed by atoms with E-state index in [0.29, 0.717) is 14.9 Å². The van der Waals surface area contributed by atoms with Gasteiger partial charge in [0.15, 0.2) is 0 Å². The molecule has 0 aliphatic heterocycles. The quantitative estimate of drug-likeness (QED) is 0.786. The highest BCUT2D eigenvalue weighted by molar-refractivity contribution is 7.20. The molecule has 0 saturated heterocycles. The van der Waals surface area contributed by atoms with Gasteiger partial charge in [-0.15, -0.1) is 11.3 Å². The fourth-order valence-corrected chi connectivity index (χ4v) is 2.87. The number of fused-ring (bicyclic) bond motifs is 1. The van der Waals surface area contributed by atoms with Gasteiger partial charge in [-0.2, -0.15) is 0 Å². The first-order valence-corrected chi connectivity index (χ1v) is 6.31. The number of hydrogen-bond donors (Lipinski definition) is 0. The van der Waals surface area contributed by atoms with Crippen molar-refractivity contribution in [2.24, 2.45) is 0 Å². The van der Waals surface area contributed by atoms with Crippen LogP contribution in [0.15, 0.2) is 18.2 Å². The smallest absolute Gasteiger partial charge is 0.274 e. The molecule has 3 nitrogen and oxygen atoms in total. The maximum absolute atomic E-state index is 11.9. The van der Waals surface area contributed by atoms with Gasteiger partial charge in [0.05, 0.1) is 22.0 Å². The first kappa shape index (κ1) is 12.6. The van der Waals surface area contributed by atoms with Crippen molar-refractivity contribution < 1.29 is 9.63 Å². The Bertz CT molecular complexity index is 582. The van der Waals surface area contributed by atoms with Crippen LogP contribution in [0, 0.1) is 0 Å². The molecule has 1 heterocycles. The lowest BCUT2D eigenvalue weighted by molar-refractivity contribution is -0.0753. The number of halogens is 2. The Kier molecular flexibility index (Phi) is 3.58. The van der Waals surface area contributed by atoms with Crippen molar-refractivity contribution in [2.45, 2.75) is 0 Å². The van der Waals surface area contributed by atoms with Gasteiger partial charge in [0.25, 0.3) is 5.91 Å². The highest BCUT2D eigenvalue weighted by atomic mass is 35.5. The van der Waals surface area contributed by atoms with Crippen LogP contribution in [-0.2, 0) is 4.84 Å². The van der Waals surface area contributed by atoms with Crippen molar-refractivity contribution >= 4 is 50.5 Å². The second-order valence-corrected chi connectivity index (χ2v) is 5.24. The molecule has 0 fully saturated rings. The van der Waals surface area contributed by atoms with Crippen LogP contribution in [-0.4, -0.2) is 25.1 Å². The summed E-state index contributed by atoms with van der Waals surface area (Å²) < 4.78 is 0.923. The third kappa shape index (κ3) is 2.26. The SMILES string of the molecule is CON(C)C(=O)c1cc2c(Cl)c(Cl)ccc2s1. The van der Waals surface area contributed by atoms with Crippen molar-refractivity contribution in [3.63, 3.8) is 0 Å². The number of benzene rings is 1. The number of thiophene rings is 1. The fourth-order valence-electron chi connectivity index (χ4n) is 1.39. The van der Waals surface area contributed by atoms with Crippen LogP contribution in [0.2, 0.25) is 10.0 Å². The highest BCUT2D eigenvalue weighted by Crippen LogP contribution is 2.36. The molecule has 2 aromatic rings. The molecule has 0 atom stereocenters. The van der Waals surface area contributed by atoms with Crippen LogP contribution in [0.5, 0.6) is 0 Å². The zero-order valence-corrected chi connectivity index (χ0v) is 11.5. The number of amides is 1. The summed E-state index contributed by atoms with van der Waals surface area (Å²) in [6.45, 7) is 0. The molecule has 2 rings (SSSR count). The normalized spacial score (nSPS) is 10.8. The largest absolute Gasteiger partial charge is 0.287 e. The van der Waals surface area contributed by atoms with Crippen LogP contribution < -0.4 is 0 Å². The Balaban J connectivity index is 2.52. The fraction of sp³-hybridized carbons (Fsp3) is 0.182. The van der Waals surface area contributed by atoms with Crippen LogP contribution in [0.3, 0.4) is 0 Å². The minimum atomic E-state index is -0.208. The number of carbonyl (C=O) groups excluding carboxylic acids is 1. The lowest BCUT2D eigenvalue weighted by Crippen LogP contribution is -2.24. The van der Waals surface area contributed by atoms with E-state index < -0.39 is 0 Å². The van der Waals surface area contributed by atoms with Gasteiger partial charge in [0.2, 0.25) is 0 Å². The Morgan fingerprint density at radius 3 is 2.76 bits per heavy atom. The average Bonchev–Trinajstić information content (AvgIpc) is 2.76. The maximum Gasteiger partial charge on any atom is 0.287 e. The molecule has 0 unspecified atom stereocenters. The summed E-state index contributed by atoms with van der Waals surface area (Å²) in [5.74, 6) is -0.208. The summed E-state index contributed by atoms with van der Waals surface area (Å²) in [7, 11) is 3.00. The van der Waals surface area contributed by atoms with Crippen LogP contribution in [0.1, 0.15) is 9.67 Å². The number of hydroxylamine groups is 2. The van der Waals surface area contributed by atoms with Crippen LogP contribution in [0.25, 0.3) is 10.1 Å². The van der Waals surface area contributed by atoms with Gasteiger partial charge < -0.3 is 0 Å². The number of rotatable bonds is 2. The summed E-state index contributed by atoms with van der Waals surface area (Å²) in [5.41, 5.74) is 0. The zero-order valence-electron chi connectivity index (χ0n) is 9.16. The van der Waals surface area contributed by atoms with Crippen molar-refractivity contribution in [2.75, 3.05) is 14.2 Å². The monoisotopic (exact) mass is 289 g/mol. The van der Waals surface area contributed by atoms with E-state index in [-0.39, 0.29) is 5.91 Å². The Morgan fingerprint density at radius 2 is 2.12 bits per heavy atom. The topological polar surface area (TPSA) is 29.5 Å². The Hall–Kier alpha value is -0.810. The number of carbonyl (C=O) groups is 1. The summed E-state index contributed by atoms with van der Waals surface area (Å²) in [6.07, 6.45) is 0. The highest BCUT2D eigenvalue weighted by Gasteiger charge is 2.16. The maximum atomic E-state index is 11.9. The molecule has 6 heteroatoms. The van der Waals surface area contributed by atoms with Gasteiger partial charge in [0, 0.05) is 17.1 Å². The summed E-state index contributed by atoms with van der Waals surface area (Å²) in [6, 6.07) is 5.29. The number of hydrogen-bond acceptors (Lipinski definition) is 3. The molecular weight excluding hydrogens is 281 g/mol. The second-order valence-electron chi connectivity index (χ2n) is 3.37. The first-order valence-electron chi connectivity index (χ1n) is 4.74. The van der Waals surface area contributed by atoms with Crippen molar-refractivity contribution in [1.82, 2.24) is 5.06 Å². The van der Waals surface area contributed by atoms with E-state index in [1.165, 1.54) is 23.5 Å².